The Bertz CT molecular complexity index is 570. The van der Waals surface area contributed by atoms with Crippen LogP contribution in [0, 0.1) is 5.92 Å². The molecule has 0 atom stereocenters. The van der Waals surface area contributed by atoms with E-state index in [0.717, 1.165) is 0 Å². The van der Waals surface area contributed by atoms with E-state index in [-0.39, 0.29) is 22.3 Å². The Morgan fingerprint density at radius 3 is 2.20 bits per heavy atom. The van der Waals surface area contributed by atoms with E-state index in [4.69, 9.17) is 15.2 Å². The second kappa shape index (κ2) is 6.32. The normalized spacial score (nSPS) is 11.9. The number of rotatable bonds is 6. The van der Waals surface area contributed by atoms with Gasteiger partial charge in [-0.05, 0) is 12.0 Å². The number of nitrogens with zero attached hydrogens (tertiary/aromatic N) is 1. The lowest BCUT2D eigenvalue weighted by Crippen LogP contribution is -2.30. The Balaban J connectivity index is 3.34. The van der Waals surface area contributed by atoms with Gasteiger partial charge in [0, 0.05) is 19.7 Å². The summed E-state index contributed by atoms with van der Waals surface area (Å²) in [6, 6.07) is 2.84. The quantitative estimate of drug-likeness (QED) is 0.806. The summed E-state index contributed by atoms with van der Waals surface area (Å²) in [5.74, 6) is 0.815. The van der Waals surface area contributed by atoms with E-state index in [9.17, 15) is 8.42 Å². The highest BCUT2D eigenvalue weighted by Gasteiger charge is 2.26. The summed E-state index contributed by atoms with van der Waals surface area (Å²) in [5.41, 5.74) is 6.04. The molecule has 0 bridgehead atoms. The van der Waals surface area contributed by atoms with Gasteiger partial charge in [-0.1, -0.05) is 13.8 Å². The van der Waals surface area contributed by atoms with Crippen LogP contribution in [0.15, 0.2) is 17.0 Å². The third-order valence-corrected chi connectivity index (χ3v) is 4.67. The number of nitrogen functional groups attached to an aromatic ring is 1. The number of anilines is 1. The third-order valence-electron chi connectivity index (χ3n) is 2.83. The van der Waals surface area contributed by atoms with E-state index < -0.39 is 10.0 Å². The van der Waals surface area contributed by atoms with Crippen LogP contribution >= 0.6 is 0 Å². The van der Waals surface area contributed by atoms with E-state index in [1.807, 2.05) is 13.8 Å². The molecule has 0 saturated carbocycles. The molecule has 20 heavy (non-hydrogen) atoms. The molecule has 0 aliphatic rings. The van der Waals surface area contributed by atoms with Gasteiger partial charge in [0.15, 0.2) is 0 Å². The van der Waals surface area contributed by atoms with Crippen molar-refractivity contribution in [3.8, 4) is 11.5 Å². The van der Waals surface area contributed by atoms with E-state index in [0.29, 0.717) is 12.3 Å². The number of ether oxygens (including phenoxy) is 2. The summed E-state index contributed by atoms with van der Waals surface area (Å²) in [5, 5.41) is 0. The molecule has 0 fully saturated rings. The molecular weight excluding hydrogens is 280 g/mol. The molecule has 114 valence electrons. The first kappa shape index (κ1) is 16.6. The zero-order chi connectivity index (χ0) is 15.5. The Labute approximate surface area is 120 Å². The molecule has 0 aliphatic carbocycles. The van der Waals surface area contributed by atoms with E-state index in [1.165, 1.54) is 37.7 Å². The van der Waals surface area contributed by atoms with Crippen LogP contribution in [0.5, 0.6) is 11.5 Å². The van der Waals surface area contributed by atoms with Gasteiger partial charge in [-0.3, -0.25) is 0 Å². The maximum atomic E-state index is 12.5. The maximum absolute atomic E-state index is 12.5. The van der Waals surface area contributed by atoms with Crippen LogP contribution in [0.2, 0.25) is 0 Å². The van der Waals surface area contributed by atoms with E-state index in [2.05, 4.69) is 0 Å². The topological polar surface area (TPSA) is 81.9 Å². The second-order valence-corrected chi connectivity index (χ2v) is 6.94. The lowest BCUT2D eigenvalue weighted by molar-refractivity contribution is 0.381. The van der Waals surface area contributed by atoms with Crippen molar-refractivity contribution in [1.29, 1.82) is 0 Å². The zero-order valence-electron chi connectivity index (χ0n) is 12.5. The molecule has 0 radical (unpaired) electrons. The number of hydrogen-bond acceptors (Lipinski definition) is 5. The number of hydrogen-bond donors (Lipinski definition) is 1. The molecule has 1 aromatic rings. The highest BCUT2D eigenvalue weighted by atomic mass is 32.2. The number of benzene rings is 1. The largest absolute Gasteiger partial charge is 0.495 e. The van der Waals surface area contributed by atoms with Crippen LogP contribution in [0.1, 0.15) is 13.8 Å². The Hall–Kier alpha value is -1.47. The van der Waals surface area contributed by atoms with Gasteiger partial charge in [-0.2, -0.15) is 0 Å². The van der Waals surface area contributed by atoms with Crippen molar-refractivity contribution in [3.05, 3.63) is 12.1 Å². The van der Waals surface area contributed by atoms with Crippen molar-refractivity contribution < 1.29 is 17.9 Å². The predicted octanol–water partition coefficient (Wildman–Crippen LogP) is 1.56. The summed E-state index contributed by atoms with van der Waals surface area (Å²) in [6.45, 7) is 4.31. The first-order valence-corrected chi connectivity index (χ1v) is 7.65. The van der Waals surface area contributed by atoms with Crippen LogP contribution in [0.3, 0.4) is 0 Å². The summed E-state index contributed by atoms with van der Waals surface area (Å²) in [7, 11) is 0.757. The maximum Gasteiger partial charge on any atom is 0.246 e. The number of sulfonamides is 1. The fourth-order valence-electron chi connectivity index (χ4n) is 1.88. The number of nitrogens with two attached hydrogens (primary N) is 1. The molecule has 1 rings (SSSR count). The highest BCUT2D eigenvalue weighted by Crippen LogP contribution is 2.35. The highest BCUT2D eigenvalue weighted by molar-refractivity contribution is 7.89. The fourth-order valence-corrected chi connectivity index (χ4v) is 3.38. The SMILES string of the molecule is COc1cc(OC)c(S(=O)(=O)N(C)CC(C)C)cc1N. The summed E-state index contributed by atoms with van der Waals surface area (Å²) in [4.78, 5) is 0.0430. The van der Waals surface area contributed by atoms with Gasteiger partial charge in [0.05, 0.1) is 19.9 Å². The Morgan fingerprint density at radius 2 is 1.75 bits per heavy atom. The standard InChI is InChI=1S/C13H22N2O4S/c1-9(2)8-15(3)20(16,17)13-6-10(14)11(18-4)7-12(13)19-5/h6-7,9H,8,14H2,1-5H3. The monoisotopic (exact) mass is 302 g/mol. The fraction of sp³-hybridized carbons (Fsp3) is 0.538. The molecular formula is C13H22N2O4S. The summed E-state index contributed by atoms with van der Waals surface area (Å²) < 4.78 is 36.6. The average molecular weight is 302 g/mol. The van der Waals surface area contributed by atoms with Gasteiger partial charge in [0.1, 0.15) is 16.4 Å². The molecule has 0 spiro atoms. The zero-order valence-corrected chi connectivity index (χ0v) is 13.3. The van der Waals surface area contributed by atoms with Crippen molar-refractivity contribution in [3.63, 3.8) is 0 Å². The first-order chi connectivity index (χ1) is 9.23. The minimum atomic E-state index is -3.65. The molecule has 0 amide bonds. The van der Waals surface area contributed by atoms with Crippen molar-refractivity contribution in [2.75, 3.05) is 33.5 Å². The van der Waals surface area contributed by atoms with Crippen molar-refractivity contribution >= 4 is 15.7 Å². The van der Waals surface area contributed by atoms with Gasteiger partial charge >= 0.3 is 0 Å². The van der Waals surface area contributed by atoms with Gasteiger partial charge in [-0.25, -0.2) is 12.7 Å². The summed E-state index contributed by atoms with van der Waals surface area (Å²) in [6.07, 6.45) is 0. The molecule has 0 aliphatic heterocycles. The third kappa shape index (κ3) is 3.34. The van der Waals surface area contributed by atoms with Gasteiger partial charge in [-0.15, -0.1) is 0 Å². The molecule has 0 unspecified atom stereocenters. The molecule has 6 nitrogen and oxygen atoms in total. The van der Waals surface area contributed by atoms with Crippen molar-refractivity contribution in [2.24, 2.45) is 5.92 Å². The van der Waals surface area contributed by atoms with E-state index in [1.54, 1.807) is 0 Å². The smallest absolute Gasteiger partial charge is 0.246 e. The minimum absolute atomic E-state index is 0.0430. The first-order valence-electron chi connectivity index (χ1n) is 6.21. The Kier molecular flexibility index (Phi) is 5.24. The van der Waals surface area contributed by atoms with E-state index >= 15 is 0 Å². The Morgan fingerprint density at radius 1 is 1.20 bits per heavy atom. The molecule has 7 heteroatoms. The lowest BCUT2D eigenvalue weighted by Gasteiger charge is -2.21. The minimum Gasteiger partial charge on any atom is -0.495 e. The van der Waals surface area contributed by atoms with Gasteiger partial charge in [0.2, 0.25) is 10.0 Å². The number of methoxy groups -OCH3 is 2. The molecule has 2 N–H and O–H groups in total. The summed E-state index contributed by atoms with van der Waals surface area (Å²) >= 11 is 0. The van der Waals surface area contributed by atoms with Gasteiger partial charge in [0.25, 0.3) is 0 Å². The van der Waals surface area contributed by atoms with Crippen LogP contribution in [0.25, 0.3) is 0 Å². The van der Waals surface area contributed by atoms with Crippen LogP contribution < -0.4 is 15.2 Å². The molecule has 1 aromatic carbocycles. The average Bonchev–Trinajstić information content (AvgIpc) is 2.37. The van der Waals surface area contributed by atoms with Gasteiger partial charge < -0.3 is 15.2 Å². The van der Waals surface area contributed by atoms with Crippen molar-refractivity contribution in [2.45, 2.75) is 18.7 Å². The lowest BCUT2D eigenvalue weighted by atomic mass is 10.2. The van der Waals surface area contributed by atoms with Crippen molar-refractivity contribution in [1.82, 2.24) is 4.31 Å². The molecule has 0 saturated heterocycles. The van der Waals surface area contributed by atoms with Crippen LogP contribution in [-0.2, 0) is 10.0 Å². The van der Waals surface area contributed by atoms with Crippen LogP contribution in [-0.4, -0.2) is 40.5 Å². The molecule has 0 aromatic heterocycles. The van der Waals surface area contributed by atoms with Crippen LogP contribution in [0.4, 0.5) is 5.69 Å². The predicted molar refractivity (Wildman–Crippen MR) is 78.6 cm³/mol. The second-order valence-electron chi connectivity index (χ2n) is 4.92. The molecule has 0 heterocycles.